The highest BCUT2D eigenvalue weighted by Gasteiger charge is 2.28. The molecule has 0 amide bonds. The highest BCUT2D eigenvalue weighted by molar-refractivity contribution is 5.12. The molecule has 2 unspecified atom stereocenters. The van der Waals surface area contributed by atoms with E-state index in [0.29, 0.717) is 12.1 Å². The zero-order valence-corrected chi connectivity index (χ0v) is 8.37. The summed E-state index contributed by atoms with van der Waals surface area (Å²) in [6.07, 6.45) is 1.62. The van der Waals surface area contributed by atoms with Crippen molar-refractivity contribution in [1.82, 2.24) is 4.98 Å². The number of aromatic nitrogens is 1. The van der Waals surface area contributed by atoms with Crippen LogP contribution in [-0.4, -0.2) is 15.7 Å². The van der Waals surface area contributed by atoms with Gasteiger partial charge in [0.05, 0.1) is 23.5 Å². The summed E-state index contributed by atoms with van der Waals surface area (Å²) >= 11 is 0. The standard InChI is InChI=1S/C10H15FN2O/c1-3-10(2,14)9(12)8-5-4-7(11)6-13-8/h4-6,9,14H,3,12H2,1-2H3. The van der Waals surface area contributed by atoms with Gasteiger partial charge in [-0.1, -0.05) is 6.92 Å². The molecule has 1 aromatic rings. The maximum atomic E-state index is 12.6. The first-order valence-electron chi connectivity index (χ1n) is 4.57. The Balaban J connectivity index is 2.89. The molecule has 0 aliphatic rings. The fraction of sp³-hybridized carbons (Fsp3) is 0.500. The number of hydrogen-bond acceptors (Lipinski definition) is 3. The largest absolute Gasteiger partial charge is 0.388 e. The first-order chi connectivity index (χ1) is 6.47. The smallest absolute Gasteiger partial charge is 0.141 e. The van der Waals surface area contributed by atoms with Crippen molar-refractivity contribution in [3.63, 3.8) is 0 Å². The number of nitrogens with zero attached hydrogens (tertiary/aromatic N) is 1. The van der Waals surface area contributed by atoms with Crippen LogP contribution in [0.2, 0.25) is 0 Å². The van der Waals surface area contributed by atoms with E-state index in [0.717, 1.165) is 6.20 Å². The zero-order valence-electron chi connectivity index (χ0n) is 8.37. The third kappa shape index (κ3) is 2.27. The van der Waals surface area contributed by atoms with E-state index in [1.165, 1.54) is 12.1 Å². The van der Waals surface area contributed by atoms with Crippen LogP contribution < -0.4 is 5.73 Å². The van der Waals surface area contributed by atoms with Crippen molar-refractivity contribution in [3.8, 4) is 0 Å². The van der Waals surface area contributed by atoms with Gasteiger partial charge in [0, 0.05) is 0 Å². The van der Waals surface area contributed by atoms with E-state index in [1.54, 1.807) is 6.92 Å². The Labute approximate surface area is 82.8 Å². The van der Waals surface area contributed by atoms with Gasteiger partial charge in [-0.15, -0.1) is 0 Å². The molecule has 0 radical (unpaired) electrons. The van der Waals surface area contributed by atoms with Gasteiger partial charge in [0.15, 0.2) is 0 Å². The molecule has 0 saturated heterocycles. The number of aliphatic hydroxyl groups is 1. The average molecular weight is 198 g/mol. The molecule has 3 N–H and O–H groups in total. The SMILES string of the molecule is CCC(C)(O)C(N)c1ccc(F)cn1. The van der Waals surface area contributed by atoms with Gasteiger partial charge in [0.2, 0.25) is 0 Å². The molecule has 1 heterocycles. The van der Waals surface area contributed by atoms with Crippen molar-refractivity contribution in [1.29, 1.82) is 0 Å². The Hall–Kier alpha value is -1.00. The fourth-order valence-corrected chi connectivity index (χ4v) is 1.11. The van der Waals surface area contributed by atoms with E-state index in [1.807, 2.05) is 6.92 Å². The lowest BCUT2D eigenvalue weighted by molar-refractivity contribution is 0.0270. The molecule has 1 aromatic heterocycles. The quantitative estimate of drug-likeness (QED) is 0.771. The molecule has 0 aliphatic heterocycles. The number of rotatable bonds is 3. The van der Waals surface area contributed by atoms with E-state index in [2.05, 4.69) is 4.98 Å². The van der Waals surface area contributed by atoms with Crippen LogP contribution in [0.3, 0.4) is 0 Å². The van der Waals surface area contributed by atoms with Gasteiger partial charge in [-0.25, -0.2) is 4.39 Å². The monoisotopic (exact) mass is 198 g/mol. The minimum absolute atomic E-state index is 0.405. The summed E-state index contributed by atoms with van der Waals surface area (Å²) in [6, 6.07) is 2.19. The van der Waals surface area contributed by atoms with Crippen molar-refractivity contribution < 1.29 is 9.50 Å². The number of halogens is 1. The molecule has 4 heteroatoms. The predicted molar refractivity (Wildman–Crippen MR) is 52.0 cm³/mol. The zero-order chi connectivity index (χ0) is 10.8. The van der Waals surface area contributed by atoms with Gasteiger partial charge < -0.3 is 10.8 Å². The van der Waals surface area contributed by atoms with Crippen molar-refractivity contribution in [2.24, 2.45) is 5.73 Å². The summed E-state index contributed by atoms with van der Waals surface area (Å²) in [6.45, 7) is 3.48. The molecule has 0 aromatic carbocycles. The second kappa shape index (κ2) is 4.02. The maximum Gasteiger partial charge on any atom is 0.141 e. The molecule has 3 nitrogen and oxygen atoms in total. The van der Waals surface area contributed by atoms with Gasteiger partial charge in [-0.2, -0.15) is 0 Å². The minimum atomic E-state index is -1.01. The lowest BCUT2D eigenvalue weighted by Gasteiger charge is -2.28. The van der Waals surface area contributed by atoms with E-state index < -0.39 is 17.5 Å². The Morgan fingerprint density at radius 2 is 2.29 bits per heavy atom. The Bertz CT molecular complexity index is 297. The maximum absolute atomic E-state index is 12.6. The number of pyridine rings is 1. The van der Waals surface area contributed by atoms with Crippen molar-refractivity contribution in [3.05, 3.63) is 29.8 Å². The molecule has 0 spiro atoms. The van der Waals surface area contributed by atoms with Gasteiger partial charge in [0.25, 0.3) is 0 Å². The van der Waals surface area contributed by atoms with Gasteiger partial charge in [-0.05, 0) is 25.5 Å². The van der Waals surface area contributed by atoms with Crippen LogP contribution in [-0.2, 0) is 0 Å². The normalized spacial score (nSPS) is 17.5. The summed E-state index contributed by atoms with van der Waals surface area (Å²) in [5.41, 5.74) is 5.29. The third-order valence-electron chi connectivity index (χ3n) is 2.45. The molecule has 78 valence electrons. The van der Waals surface area contributed by atoms with E-state index in [9.17, 15) is 9.50 Å². The van der Waals surface area contributed by atoms with E-state index >= 15 is 0 Å². The summed E-state index contributed by atoms with van der Waals surface area (Å²) in [7, 11) is 0. The van der Waals surface area contributed by atoms with Crippen molar-refractivity contribution >= 4 is 0 Å². The molecule has 2 atom stereocenters. The summed E-state index contributed by atoms with van der Waals surface area (Å²) in [5, 5.41) is 9.86. The number of hydrogen-bond donors (Lipinski definition) is 2. The Morgan fingerprint density at radius 3 is 2.71 bits per heavy atom. The highest BCUT2D eigenvalue weighted by atomic mass is 19.1. The van der Waals surface area contributed by atoms with E-state index in [-0.39, 0.29) is 0 Å². The molecular weight excluding hydrogens is 183 g/mol. The fourth-order valence-electron chi connectivity index (χ4n) is 1.11. The second-order valence-electron chi connectivity index (χ2n) is 3.59. The molecule has 0 fully saturated rings. The summed E-state index contributed by atoms with van der Waals surface area (Å²) in [4.78, 5) is 3.83. The predicted octanol–water partition coefficient (Wildman–Crippen LogP) is 1.38. The second-order valence-corrected chi connectivity index (χ2v) is 3.59. The van der Waals surface area contributed by atoms with Gasteiger partial charge in [0.1, 0.15) is 5.82 Å². The molecule has 0 saturated carbocycles. The summed E-state index contributed by atoms with van der Waals surface area (Å²) in [5.74, 6) is -0.405. The van der Waals surface area contributed by atoms with Gasteiger partial charge >= 0.3 is 0 Å². The molecule has 0 aliphatic carbocycles. The lowest BCUT2D eigenvalue weighted by atomic mass is 9.91. The average Bonchev–Trinajstić information content (AvgIpc) is 2.18. The number of nitrogens with two attached hydrogens (primary N) is 1. The first kappa shape index (κ1) is 11.1. The van der Waals surface area contributed by atoms with Crippen LogP contribution >= 0.6 is 0 Å². The van der Waals surface area contributed by atoms with Crippen LogP contribution in [0, 0.1) is 5.82 Å². The van der Waals surface area contributed by atoms with Crippen LogP contribution in [0.15, 0.2) is 18.3 Å². The van der Waals surface area contributed by atoms with Crippen molar-refractivity contribution in [2.75, 3.05) is 0 Å². The molecule has 0 bridgehead atoms. The van der Waals surface area contributed by atoms with Crippen molar-refractivity contribution in [2.45, 2.75) is 31.9 Å². The molecule has 1 rings (SSSR count). The van der Waals surface area contributed by atoms with Crippen LogP contribution in [0.5, 0.6) is 0 Å². The summed E-state index contributed by atoms with van der Waals surface area (Å²) < 4.78 is 12.6. The Kier molecular flexibility index (Phi) is 3.18. The third-order valence-corrected chi connectivity index (χ3v) is 2.45. The van der Waals surface area contributed by atoms with Crippen LogP contribution in [0.4, 0.5) is 4.39 Å². The first-order valence-corrected chi connectivity index (χ1v) is 4.57. The lowest BCUT2D eigenvalue weighted by Crippen LogP contribution is -2.38. The minimum Gasteiger partial charge on any atom is -0.388 e. The van der Waals surface area contributed by atoms with E-state index in [4.69, 9.17) is 5.73 Å². The molecular formula is C10H15FN2O. The van der Waals surface area contributed by atoms with Crippen LogP contribution in [0.25, 0.3) is 0 Å². The van der Waals surface area contributed by atoms with Crippen LogP contribution in [0.1, 0.15) is 32.0 Å². The van der Waals surface area contributed by atoms with Gasteiger partial charge in [-0.3, -0.25) is 4.98 Å². The molecule has 14 heavy (non-hydrogen) atoms. The topological polar surface area (TPSA) is 59.1 Å². The highest BCUT2D eigenvalue weighted by Crippen LogP contribution is 2.24. The Morgan fingerprint density at radius 1 is 1.64 bits per heavy atom.